The van der Waals surface area contributed by atoms with E-state index < -0.39 is 94.1 Å². The molecule has 0 spiro atoms. The first-order valence-corrected chi connectivity index (χ1v) is 16.0. The smallest absolute Gasteiger partial charge is 0.833 e. The minimum absolute atomic E-state index is 0. The van der Waals surface area contributed by atoms with Crippen LogP contribution in [0.15, 0.2) is 121 Å². The molecule has 66 heavy (non-hydrogen) atoms. The summed E-state index contributed by atoms with van der Waals surface area (Å²) < 4.78 is 294. The van der Waals surface area contributed by atoms with Gasteiger partial charge in [-0.2, -0.15) is 105 Å². The van der Waals surface area contributed by atoms with Gasteiger partial charge < -0.3 is 20.4 Å². The van der Waals surface area contributed by atoms with E-state index >= 15 is 0 Å². The van der Waals surface area contributed by atoms with Gasteiger partial charge in [-0.25, -0.2) is 0 Å². The first kappa shape index (κ1) is 64.7. The van der Waals surface area contributed by atoms with E-state index in [9.17, 15) is 126 Å². The molecule has 360 valence electrons. The van der Waals surface area contributed by atoms with Gasteiger partial charge in [0.25, 0.3) is 0 Å². The second kappa shape index (κ2) is 22.3. The molecule has 0 bridgehead atoms. The van der Waals surface area contributed by atoms with Crippen LogP contribution in [0.25, 0.3) is 0 Å². The van der Waals surface area contributed by atoms with Crippen LogP contribution in [-0.2, 0) is 22.4 Å². The van der Waals surface area contributed by atoms with Gasteiger partial charge in [0.15, 0.2) is 0 Å². The predicted molar refractivity (Wildman–Crippen MR) is 167 cm³/mol. The summed E-state index contributed by atoms with van der Waals surface area (Å²) in [6, 6.07) is 16.5. The van der Waals surface area contributed by atoms with Gasteiger partial charge in [0.2, 0.25) is 0 Å². The minimum atomic E-state index is -5.94. The third kappa shape index (κ3) is 13.9. The summed E-state index contributed by atoms with van der Waals surface area (Å²) in [5.74, 6) is 0. The van der Waals surface area contributed by atoms with Crippen LogP contribution in [0.3, 0.4) is 0 Å². The van der Waals surface area contributed by atoms with Gasteiger partial charge in [0, 0.05) is 0 Å². The molecule has 0 unspecified atom stereocenters. The van der Waals surface area contributed by atoms with E-state index in [4.69, 9.17) is 0 Å². The molecule has 0 aromatic heterocycles. The van der Waals surface area contributed by atoms with Crippen LogP contribution in [0.5, 0.6) is 0 Å². The van der Waals surface area contributed by atoms with Gasteiger partial charge in [0.1, 0.15) is 22.4 Å². The van der Waals surface area contributed by atoms with E-state index in [1.165, 1.54) is 24.3 Å². The first-order valence-electron chi connectivity index (χ1n) is 16.0. The zero-order chi connectivity index (χ0) is 50.5. The summed E-state index contributed by atoms with van der Waals surface area (Å²) in [5, 5.41) is 44.4. The van der Waals surface area contributed by atoms with Crippen LogP contribution < -0.4 is 50.0 Å². The number of rotatable bonds is 4. The second-order valence-corrected chi connectivity index (χ2v) is 12.2. The monoisotopic (exact) mass is 1020 g/mol. The van der Waals surface area contributed by atoms with Crippen LogP contribution in [-0.4, -0.2) is 66.8 Å². The molecule has 4 nitrogen and oxygen atoms in total. The molecule has 4 aromatic rings. The molecule has 0 heterocycles. The molecule has 0 saturated heterocycles. The topological polar surface area (TPSA) is 92.2 Å². The summed E-state index contributed by atoms with van der Waals surface area (Å²) >= 11 is 0. The number of hydrogen-bond acceptors (Lipinski definition) is 4. The van der Waals surface area contributed by atoms with Gasteiger partial charge in [-0.15, -0.1) is 0 Å². The Kier molecular flexibility index (Phi) is 21.9. The minimum Gasteiger partial charge on any atom is -0.833 e. The molecule has 4 rings (SSSR count). The molecule has 0 N–H and O–H groups in total. The Balaban J connectivity index is 0. The molecule has 0 amide bonds. The summed E-state index contributed by atoms with van der Waals surface area (Å²) in [5.41, 5.74) is -25.8. The third-order valence-corrected chi connectivity index (χ3v) is 7.91. The van der Waals surface area contributed by atoms with Crippen molar-refractivity contribution in [1.29, 1.82) is 0 Å². The van der Waals surface area contributed by atoms with Crippen molar-refractivity contribution in [3.05, 3.63) is 144 Å². The number of alkyl halides is 24. The van der Waals surface area contributed by atoms with E-state index in [0.29, 0.717) is 48.5 Å². The maximum absolute atomic E-state index is 12.3. The van der Waals surface area contributed by atoms with E-state index in [1.54, 1.807) is 0 Å². The zero-order valence-electron chi connectivity index (χ0n) is 31.8. The van der Waals surface area contributed by atoms with Crippen molar-refractivity contribution >= 4 is 17.4 Å². The van der Waals surface area contributed by atoms with Gasteiger partial charge in [-0.1, -0.05) is 121 Å². The maximum Gasteiger partial charge on any atom is 3.00 e. The van der Waals surface area contributed by atoms with E-state index in [2.05, 4.69) is 0 Å². The Bertz CT molecular complexity index is 1660. The van der Waals surface area contributed by atoms with Crippen molar-refractivity contribution in [2.24, 2.45) is 0 Å². The molecular weight excluding hydrogens is 1000 g/mol. The number of benzene rings is 4. The van der Waals surface area contributed by atoms with E-state index in [-0.39, 0.29) is 46.9 Å². The fourth-order valence-corrected chi connectivity index (χ4v) is 4.64. The van der Waals surface area contributed by atoms with Crippen LogP contribution in [0, 0.1) is 0 Å². The van der Waals surface area contributed by atoms with Crippen LogP contribution in [0.2, 0.25) is 0 Å². The Morgan fingerprint density at radius 1 is 0.212 bits per heavy atom. The Hall–Kier alpha value is -3.43. The third-order valence-electron chi connectivity index (χ3n) is 7.91. The number of halogens is 24. The van der Waals surface area contributed by atoms with Crippen LogP contribution in [0.4, 0.5) is 105 Å². The zero-order valence-corrected chi connectivity index (χ0v) is 35.0. The summed E-state index contributed by atoms with van der Waals surface area (Å²) in [6.45, 7) is 0. The quantitative estimate of drug-likeness (QED) is 0.183. The van der Waals surface area contributed by atoms with Crippen molar-refractivity contribution in [3.8, 4) is 0 Å². The summed E-state index contributed by atoms with van der Waals surface area (Å²) in [4.78, 5) is 0. The average Bonchev–Trinajstić information content (AvgIpc) is 3.15. The second-order valence-electron chi connectivity index (χ2n) is 12.2. The standard InChI is InChI=1S/4C9H5F6O.Al.Na/c4*10-8(11,12)7(16,9(13,14)15)6-4-2-1-3-5-6;;/h4*1-5H;;/q4*-1;+3;+1. The number of hydrogen-bond donors (Lipinski definition) is 0. The van der Waals surface area contributed by atoms with E-state index in [0.717, 1.165) is 48.5 Å². The molecule has 0 aliphatic carbocycles. The molecule has 0 atom stereocenters. The predicted octanol–water partition coefficient (Wildman–Crippen LogP) is 6.09. The fourth-order valence-electron chi connectivity index (χ4n) is 4.64. The normalized spacial score (nSPS) is 13.5. The van der Waals surface area contributed by atoms with Gasteiger partial charge >= 0.3 is 96.3 Å². The van der Waals surface area contributed by atoms with Gasteiger partial charge in [0.05, 0.1) is 0 Å². The van der Waals surface area contributed by atoms with Crippen molar-refractivity contribution in [2.75, 3.05) is 0 Å². The largest absolute Gasteiger partial charge is 3.00 e. The molecule has 0 fully saturated rings. The molecule has 0 saturated carbocycles. The maximum atomic E-state index is 12.3. The van der Waals surface area contributed by atoms with Gasteiger partial charge in [-0.3, -0.25) is 0 Å². The molecule has 0 aliphatic heterocycles. The Morgan fingerprint density at radius 3 is 0.379 bits per heavy atom. The Morgan fingerprint density at radius 2 is 0.303 bits per heavy atom. The Labute approximate surface area is 386 Å². The van der Waals surface area contributed by atoms with E-state index in [1.807, 2.05) is 0 Å². The molecule has 4 aromatic carbocycles. The molecular formula is C36H20AlF24NaO4. The van der Waals surface area contributed by atoms with Crippen LogP contribution in [0.1, 0.15) is 22.3 Å². The van der Waals surface area contributed by atoms with Crippen molar-refractivity contribution in [1.82, 2.24) is 0 Å². The van der Waals surface area contributed by atoms with Crippen LogP contribution >= 0.6 is 0 Å². The van der Waals surface area contributed by atoms with Crippen molar-refractivity contribution in [2.45, 2.75) is 71.8 Å². The first-order chi connectivity index (χ1) is 28.4. The van der Waals surface area contributed by atoms with Gasteiger partial charge in [-0.05, 0) is 22.3 Å². The summed E-state index contributed by atoms with van der Waals surface area (Å²) in [7, 11) is 0. The van der Waals surface area contributed by atoms with Crippen molar-refractivity contribution in [3.63, 3.8) is 0 Å². The van der Waals surface area contributed by atoms with Crippen molar-refractivity contribution < 1.29 is 155 Å². The average molecular weight is 1020 g/mol. The fraction of sp³-hybridized carbons (Fsp3) is 0.333. The SMILES string of the molecule is [Al+3].[Na+].[O-]C(c1ccccc1)(C(F)(F)F)C(F)(F)F.[O-]C(c1ccccc1)(C(F)(F)F)C(F)(F)F.[O-]C(c1ccccc1)(C(F)(F)F)C(F)(F)F.[O-]C(c1ccccc1)(C(F)(F)F)C(F)(F)F. The molecule has 0 aliphatic rings. The molecule has 30 heteroatoms. The summed E-state index contributed by atoms with van der Waals surface area (Å²) in [6.07, 6.45) is -47.5. The molecule has 0 radical (unpaired) electrons.